The second-order valence-corrected chi connectivity index (χ2v) is 5.38. The average Bonchev–Trinajstić information content (AvgIpc) is 2.37. The smallest absolute Gasteiger partial charge is 0.252 e. The van der Waals surface area contributed by atoms with Crippen LogP contribution >= 0.6 is 15.9 Å². The van der Waals surface area contributed by atoms with Gasteiger partial charge >= 0.3 is 0 Å². The van der Waals surface area contributed by atoms with E-state index in [1.54, 1.807) is 18.0 Å². The highest BCUT2D eigenvalue weighted by Gasteiger charge is 2.25. The number of piperidine rings is 1. The summed E-state index contributed by atoms with van der Waals surface area (Å²) in [6, 6.07) is 4.24. The van der Waals surface area contributed by atoms with Crippen molar-refractivity contribution < 1.29 is 14.0 Å². The molecule has 102 valence electrons. The van der Waals surface area contributed by atoms with Crippen molar-refractivity contribution >= 4 is 27.7 Å². The minimum atomic E-state index is -0.469. The van der Waals surface area contributed by atoms with E-state index in [9.17, 15) is 14.0 Å². The number of carbonyl (C=O) groups excluding carboxylic acids is 2. The molecule has 0 spiro atoms. The van der Waals surface area contributed by atoms with Crippen LogP contribution in [0.3, 0.4) is 0 Å². The van der Waals surface area contributed by atoms with E-state index in [0.717, 1.165) is 0 Å². The monoisotopic (exact) mass is 328 g/mol. The summed E-state index contributed by atoms with van der Waals surface area (Å²) in [6.45, 7) is 0.484. The number of hydrogen-bond donors (Lipinski definition) is 1. The molecule has 2 rings (SSSR count). The molecule has 1 aliphatic heterocycles. The van der Waals surface area contributed by atoms with E-state index in [4.69, 9.17) is 0 Å². The van der Waals surface area contributed by atoms with Crippen molar-refractivity contribution in [3.05, 3.63) is 34.1 Å². The molecule has 1 N–H and O–H groups in total. The van der Waals surface area contributed by atoms with Gasteiger partial charge in [-0.2, -0.15) is 0 Å². The molecule has 1 aromatic rings. The predicted octanol–water partition coefficient (Wildman–Crippen LogP) is 1.94. The summed E-state index contributed by atoms with van der Waals surface area (Å²) in [5, 5.41) is 2.82. The highest BCUT2D eigenvalue weighted by Crippen LogP contribution is 2.21. The molecule has 1 unspecified atom stereocenters. The lowest BCUT2D eigenvalue weighted by Gasteiger charge is -2.30. The molecular formula is C13H14BrFN2O2. The van der Waals surface area contributed by atoms with Crippen LogP contribution < -0.4 is 5.32 Å². The number of hydrogen-bond acceptors (Lipinski definition) is 2. The van der Waals surface area contributed by atoms with Gasteiger partial charge in [0.05, 0.1) is 10.0 Å². The topological polar surface area (TPSA) is 49.4 Å². The van der Waals surface area contributed by atoms with Crippen LogP contribution in [0.2, 0.25) is 0 Å². The molecule has 4 nitrogen and oxygen atoms in total. The van der Waals surface area contributed by atoms with Gasteiger partial charge in [0.1, 0.15) is 5.82 Å². The molecule has 1 aromatic carbocycles. The standard InChI is InChI=1S/C13H14BrFN2O2/c1-17-7-8(5-6-11(17)18)16-13(19)9-3-2-4-10(15)12(9)14/h2-4,8H,5-7H2,1H3,(H,16,19). The van der Waals surface area contributed by atoms with Crippen molar-refractivity contribution in [3.63, 3.8) is 0 Å². The maximum atomic E-state index is 13.4. The van der Waals surface area contributed by atoms with Crippen molar-refractivity contribution in [2.45, 2.75) is 18.9 Å². The summed E-state index contributed by atoms with van der Waals surface area (Å²) < 4.78 is 13.5. The zero-order valence-corrected chi connectivity index (χ0v) is 12.0. The van der Waals surface area contributed by atoms with Gasteiger partial charge in [-0.3, -0.25) is 9.59 Å². The van der Waals surface area contributed by atoms with Gasteiger partial charge in [-0.25, -0.2) is 4.39 Å². The number of likely N-dealkylation sites (N-methyl/N-ethyl adjacent to an activating group) is 1. The van der Waals surface area contributed by atoms with E-state index in [-0.39, 0.29) is 27.9 Å². The summed E-state index contributed by atoms with van der Waals surface area (Å²) in [6.07, 6.45) is 1.04. The average molecular weight is 329 g/mol. The lowest BCUT2D eigenvalue weighted by atomic mass is 10.1. The largest absolute Gasteiger partial charge is 0.347 e. The molecule has 0 aromatic heterocycles. The van der Waals surface area contributed by atoms with Crippen molar-refractivity contribution in [2.24, 2.45) is 0 Å². The van der Waals surface area contributed by atoms with Gasteiger partial charge in [-0.05, 0) is 34.5 Å². The van der Waals surface area contributed by atoms with Gasteiger partial charge in [0.2, 0.25) is 5.91 Å². The Bertz CT molecular complexity index is 521. The molecule has 1 saturated heterocycles. The Hall–Kier alpha value is -1.43. The number of benzene rings is 1. The Morgan fingerprint density at radius 2 is 2.26 bits per heavy atom. The van der Waals surface area contributed by atoms with E-state index in [2.05, 4.69) is 21.2 Å². The summed E-state index contributed by atoms with van der Waals surface area (Å²) in [7, 11) is 1.71. The quantitative estimate of drug-likeness (QED) is 0.901. The summed E-state index contributed by atoms with van der Waals surface area (Å²) in [5.41, 5.74) is 0.263. The van der Waals surface area contributed by atoms with Gasteiger partial charge in [0.25, 0.3) is 5.91 Å². The first-order chi connectivity index (χ1) is 8.99. The molecule has 1 fully saturated rings. The van der Waals surface area contributed by atoms with E-state index in [1.165, 1.54) is 12.1 Å². The number of nitrogens with one attached hydrogen (secondary N) is 1. The molecular weight excluding hydrogens is 315 g/mol. The summed E-state index contributed by atoms with van der Waals surface area (Å²) >= 11 is 3.07. The molecule has 2 amide bonds. The molecule has 0 radical (unpaired) electrons. The second kappa shape index (κ2) is 5.69. The van der Waals surface area contributed by atoms with E-state index >= 15 is 0 Å². The Balaban J connectivity index is 2.05. The Morgan fingerprint density at radius 3 is 2.95 bits per heavy atom. The third kappa shape index (κ3) is 3.12. The number of halogens is 2. The zero-order chi connectivity index (χ0) is 14.0. The van der Waals surface area contributed by atoms with E-state index in [0.29, 0.717) is 19.4 Å². The van der Waals surface area contributed by atoms with Crippen LogP contribution in [0, 0.1) is 5.82 Å². The molecule has 1 heterocycles. The molecule has 0 aliphatic carbocycles. The van der Waals surface area contributed by atoms with Crippen LogP contribution in [0.25, 0.3) is 0 Å². The first-order valence-corrected chi connectivity index (χ1v) is 6.77. The van der Waals surface area contributed by atoms with Crippen LogP contribution in [-0.4, -0.2) is 36.3 Å². The van der Waals surface area contributed by atoms with Gasteiger partial charge in [-0.15, -0.1) is 0 Å². The summed E-state index contributed by atoms with van der Waals surface area (Å²) in [5.74, 6) is -0.722. The minimum Gasteiger partial charge on any atom is -0.347 e. The van der Waals surface area contributed by atoms with Gasteiger partial charge < -0.3 is 10.2 Å². The highest BCUT2D eigenvalue weighted by atomic mass is 79.9. The zero-order valence-electron chi connectivity index (χ0n) is 10.5. The van der Waals surface area contributed by atoms with Crippen molar-refractivity contribution in [1.82, 2.24) is 10.2 Å². The van der Waals surface area contributed by atoms with Crippen LogP contribution in [0.5, 0.6) is 0 Å². The van der Waals surface area contributed by atoms with E-state index < -0.39 is 5.82 Å². The Labute approximate surface area is 119 Å². The predicted molar refractivity (Wildman–Crippen MR) is 72.2 cm³/mol. The number of carbonyl (C=O) groups is 2. The number of rotatable bonds is 2. The van der Waals surface area contributed by atoms with Gasteiger partial charge in [0.15, 0.2) is 0 Å². The van der Waals surface area contributed by atoms with Crippen LogP contribution in [-0.2, 0) is 4.79 Å². The van der Waals surface area contributed by atoms with Gasteiger partial charge in [-0.1, -0.05) is 6.07 Å². The lowest BCUT2D eigenvalue weighted by Crippen LogP contribution is -2.48. The van der Waals surface area contributed by atoms with Crippen molar-refractivity contribution in [2.75, 3.05) is 13.6 Å². The van der Waals surface area contributed by atoms with Gasteiger partial charge in [0, 0.05) is 26.1 Å². The first kappa shape index (κ1) is 14.0. The fourth-order valence-electron chi connectivity index (χ4n) is 2.07. The number of amides is 2. The first-order valence-electron chi connectivity index (χ1n) is 5.98. The van der Waals surface area contributed by atoms with E-state index in [1.807, 2.05) is 0 Å². The maximum absolute atomic E-state index is 13.4. The minimum absolute atomic E-state index is 0.0810. The fourth-order valence-corrected chi connectivity index (χ4v) is 2.52. The summed E-state index contributed by atoms with van der Waals surface area (Å²) in [4.78, 5) is 25.0. The third-order valence-electron chi connectivity index (χ3n) is 3.16. The van der Waals surface area contributed by atoms with Crippen molar-refractivity contribution in [1.29, 1.82) is 0 Å². The Morgan fingerprint density at radius 1 is 1.53 bits per heavy atom. The highest BCUT2D eigenvalue weighted by molar-refractivity contribution is 9.10. The molecule has 19 heavy (non-hydrogen) atoms. The second-order valence-electron chi connectivity index (χ2n) is 4.58. The molecule has 0 saturated carbocycles. The van der Waals surface area contributed by atoms with Crippen LogP contribution in [0.4, 0.5) is 4.39 Å². The number of nitrogens with zero attached hydrogens (tertiary/aromatic N) is 1. The van der Waals surface area contributed by atoms with Crippen LogP contribution in [0.15, 0.2) is 22.7 Å². The Kier molecular flexibility index (Phi) is 4.19. The SMILES string of the molecule is CN1CC(NC(=O)c2cccc(F)c2Br)CCC1=O. The third-order valence-corrected chi connectivity index (χ3v) is 3.96. The molecule has 1 atom stereocenters. The van der Waals surface area contributed by atoms with Crippen molar-refractivity contribution in [3.8, 4) is 0 Å². The maximum Gasteiger partial charge on any atom is 0.252 e. The lowest BCUT2D eigenvalue weighted by molar-refractivity contribution is -0.132. The van der Waals surface area contributed by atoms with Crippen LogP contribution in [0.1, 0.15) is 23.2 Å². The number of likely N-dealkylation sites (tertiary alicyclic amines) is 1. The molecule has 1 aliphatic rings. The fraction of sp³-hybridized carbons (Fsp3) is 0.385. The normalized spacial score (nSPS) is 19.4. The molecule has 0 bridgehead atoms. The molecule has 6 heteroatoms.